The van der Waals surface area contributed by atoms with E-state index in [9.17, 15) is 0 Å². The van der Waals surface area contributed by atoms with E-state index in [0.29, 0.717) is 11.0 Å². The number of hydrogen-bond donors (Lipinski definition) is 1. The molecular formula is C4H8OS2. The Morgan fingerprint density at radius 1 is 1.86 bits per heavy atom. The van der Waals surface area contributed by atoms with Crippen molar-refractivity contribution in [2.75, 3.05) is 6.61 Å². The van der Waals surface area contributed by atoms with Crippen molar-refractivity contribution in [3.63, 3.8) is 0 Å². The number of rotatable bonds is 2. The first kappa shape index (κ1) is 7.24. The highest BCUT2D eigenvalue weighted by atomic mass is 32.1. The first-order valence-corrected chi connectivity index (χ1v) is 2.98. The van der Waals surface area contributed by atoms with Gasteiger partial charge in [0.1, 0.15) is 0 Å². The lowest BCUT2D eigenvalue weighted by atomic mass is 10.5. The lowest BCUT2D eigenvalue weighted by molar-refractivity contribution is 0.322. The molecule has 3 heteroatoms. The van der Waals surface area contributed by atoms with Gasteiger partial charge < -0.3 is 4.74 Å². The maximum Gasteiger partial charge on any atom is 0.216 e. The summed E-state index contributed by atoms with van der Waals surface area (Å²) in [4.78, 5) is 0. The third-order valence-corrected chi connectivity index (χ3v) is 0.677. The summed E-state index contributed by atoms with van der Waals surface area (Å²) in [7, 11) is 0. The summed E-state index contributed by atoms with van der Waals surface area (Å²) in [6.45, 7) is 2.70. The average Bonchev–Trinajstić information content (AvgIpc) is 1.61. The number of ether oxygens (including phenoxy) is 1. The maximum absolute atomic E-state index is 4.79. The molecule has 0 heterocycles. The van der Waals surface area contributed by atoms with Crippen molar-refractivity contribution in [3.8, 4) is 0 Å². The molecule has 7 heavy (non-hydrogen) atoms. The average molecular weight is 136 g/mol. The molecule has 0 spiro atoms. The van der Waals surface area contributed by atoms with E-state index in [-0.39, 0.29) is 0 Å². The summed E-state index contributed by atoms with van der Waals surface area (Å²) in [5, 5.41) is 0. The van der Waals surface area contributed by atoms with Crippen LogP contribution < -0.4 is 0 Å². The maximum atomic E-state index is 4.79. The van der Waals surface area contributed by atoms with E-state index in [0.717, 1.165) is 6.42 Å². The molecule has 0 atom stereocenters. The molecule has 0 saturated heterocycles. The molecule has 1 nitrogen and oxygen atoms in total. The summed E-state index contributed by atoms with van der Waals surface area (Å²) >= 11 is 8.24. The minimum Gasteiger partial charge on any atom is -0.479 e. The highest BCUT2D eigenvalue weighted by Crippen LogP contribution is 1.87. The molecule has 0 amide bonds. The molecule has 0 aliphatic carbocycles. The molecule has 0 unspecified atom stereocenters. The van der Waals surface area contributed by atoms with E-state index in [1.165, 1.54) is 0 Å². The second kappa shape index (κ2) is 4.40. The van der Waals surface area contributed by atoms with Crippen molar-refractivity contribution in [1.82, 2.24) is 0 Å². The molecule has 42 valence electrons. The Kier molecular flexibility index (Phi) is 4.55. The van der Waals surface area contributed by atoms with Crippen LogP contribution in [0.4, 0.5) is 0 Å². The Bertz CT molecular complexity index is 62.7. The fourth-order valence-corrected chi connectivity index (χ4v) is 0.364. The molecular weight excluding hydrogens is 128 g/mol. The van der Waals surface area contributed by atoms with Gasteiger partial charge in [-0.2, -0.15) is 0 Å². The zero-order valence-corrected chi connectivity index (χ0v) is 5.89. The lowest BCUT2D eigenvalue weighted by Gasteiger charge is -1.95. The van der Waals surface area contributed by atoms with Gasteiger partial charge in [0.25, 0.3) is 0 Å². The molecule has 0 bridgehead atoms. The van der Waals surface area contributed by atoms with Crippen LogP contribution >= 0.6 is 24.8 Å². The third-order valence-electron chi connectivity index (χ3n) is 0.430. The van der Waals surface area contributed by atoms with E-state index in [2.05, 4.69) is 24.8 Å². The molecule has 0 fully saturated rings. The van der Waals surface area contributed by atoms with Crippen LogP contribution in [-0.2, 0) is 4.74 Å². The van der Waals surface area contributed by atoms with Crippen molar-refractivity contribution >= 4 is 29.2 Å². The van der Waals surface area contributed by atoms with Crippen molar-refractivity contribution in [2.24, 2.45) is 0 Å². The minimum absolute atomic E-state index is 0.335. The van der Waals surface area contributed by atoms with Crippen LogP contribution in [0.1, 0.15) is 13.3 Å². The summed E-state index contributed by atoms with van der Waals surface area (Å²) in [5.74, 6) is 0. The van der Waals surface area contributed by atoms with Gasteiger partial charge in [0, 0.05) is 0 Å². The zero-order chi connectivity index (χ0) is 5.70. The van der Waals surface area contributed by atoms with Gasteiger partial charge >= 0.3 is 0 Å². The van der Waals surface area contributed by atoms with E-state index < -0.39 is 0 Å². The molecule has 0 aliphatic heterocycles. The largest absolute Gasteiger partial charge is 0.479 e. The van der Waals surface area contributed by atoms with Gasteiger partial charge in [0.2, 0.25) is 4.38 Å². The van der Waals surface area contributed by atoms with Crippen molar-refractivity contribution in [2.45, 2.75) is 13.3 Å². The van der Waals surface area contributed by atoms with Crippen molar-refractivity contribution < 1.29 is 4.74 Å². The molecule has 0 saturated carbocycles. The standard InChI is InChI=1S/C4H8OS2/c1-2-3-5-4(6)7/h2-3H2,1H3,(H,6,7). The smallest absolute Gasteiger partial charge is 0.216 e. The Morgan fingerprint density at radius 3 is 2.57 bits per heavy atom. The molecule has 0 aromatic heterocycles. The van der Waals surface area contributed by atoms with Crippen LogP contribution in [0.15, 0.2) is 0 Å². The van der Waals surface area contributed by atoms with Gasteiger partial charge in [-0.25, -0.2) is 0 Å². The highest BCUT2D eigenvalue weighted by Gasteiger charge is 1.82. The first-order valence-electron chi connectivity index (χ1n) is 2.13. The number of thiocarbonyl (C=S) groups is 1. The first-order chi connectivity index (χ1) is 3.27. The Hall–Kier alpha value is 0.240. The molecule has 0 aromatic rings. The number of thiol groups is 1. The summed E-state index contributed by atoms with van der Waals surface area (Å²) in [5.41, 5.74) is 0. The molecule has 0 N–H and O–H groups in total. The molecule has 0 aliphatic rings. The van der Waals surface area contributed by atoms with Crippen LogP contribution in [0.5, 0.6) is 0 Å². The highest BCUT2D eigenvalue weighted by molar-refractivity contribution is 8.10. The van der Waals surface area contributed by atoms with E-state index in [1.54, 1.807) is 0 Å². The Labute approximate surface area is 54.5 Å². The van der Waals surface area contributed by atoms with Gasteiger partial charge in [-0.05, 0) is 18.6 Å². The van der Waals surface area contributed by atoms with Crippen LogP contribution in [0.3, 0.4) is 0 Å². The monoisotopic (exact) mass is 136 g/mol. The van der Waals surface area contributed by atoms with Crippen LogP contribution in [0, 0.1) is 0 Å². The fourth-order valence-electron chi connectivity index (χ4n) is 0.189. The van der Waals surface area contributed by atoms with Crippen LogP contribution in [0.2, 0.25) is 0 Å². The van der Waals surface area contributed by atoms with E-state index >= 15 is 0 Å². The number of hydrogen-bond acceptors (Lipinski definition) is 2. The second-order valence-corrected chi connectivity index (χ2v) is 2.19. The molecule has 0 aromatic carbocycles. The van der Waals surface area contributed by atoms with E-state index in [1.807, 2.05) is 6.92 Å². The zero-order valence-electron chi connectivity index (χ0n) is 4.18. The summed E-state index contributed by atoms with van der Waals surface area (Å²) < 4.78 is 5.12. The lowest BCUT2D eigenvalue weighted by Crippen LogP contribution is -1.92. The molecule has 0 radical (unpaired) electrons. The van der Waals surface area contributed by atoms with Crippen molar-refractivity contribution in [3.05, 3.63) is 0 Å². The van der Waals surface area contributed by atoms with Crippen LogP contribution in [0.25, 0.3) is 0 Å². The quantitative estimate of drug-likeness (QED) is 0.456. The summed E-state index contributed by atoms with van der Waals surface area (Å²) in [6.07, 6.45) is 0.987. The fraction of sp³-hybridized carbons (Fsp3) is 0.750. The second-order valence-electron chi connectivity index (χ2n) is 1.11. The normalized spacial score (nSPS) is 8.29. The van der Waals surface area contributed by atoms with Gasteiger partial charge in [0.15, 0.2) is 0 Å². The predicted molar refractivity (Wildman–Crippen MR) is 37.8 cm³/mol. The third kappa shape index (κ3) is 6.24. The van der Waals surface area contributed by atoms with Crippen LogP contribution in [-0.4, -0.2) is 11.0 Å². The molecule has 0 rings (SSSR count). The SMILES string of the molecule is CCCOC(=S)S. The Balaban J connectivity index is 2.82. The topological polar surface area (TPSA) is 9.23 Å². The Morgan fingerprint density at radius 2 is 2.43 bits per heavy atom. The minimum atomic E-state index is 0.335. The predicted octanol–water partition coefficient (Wildman–Crippen LogP) is 1.63. The van der Waals surface area contributed by atoms with Gasteiger partial charge in [-0.1, -0.05) is 19.6 Å². The van der Waals surface area contributed by atoms with E-state index in [4.69, 9.17) is 4.74 Å². The van der Waals surface area contributed by atoms with Crippen molar-refractivity contribution in [1.29, 1.82) is 0 Å². The summed E-state index contributed by atoms with van der Waals surface area (Å²) in [6, 6.07) is 0. The van der Waals surface area contributed by atoms with Gasteiger partial charge in [0.05, 0.1) is 6.61 Å². The van der Waals surface area contributed by atoms with Gasteiger partial charge in [-0.15, -0.1) is 0 Å². The van der Waals surface area contributed by atoms with Gasteiger partial charge in [-0.3, -0.25) is 0 Å².